The predicted octanol–water partition coefficient (Wildman–Crippen LogP) is 1.11. The Kier molecular flexibility index (Phi) is 3.98. The van der Waals surface area contributed by atoms with E-state index in [1.54, 1.807) is 11.8 Å². The molecule has 0 aliphatic carbocycles. The van der Waals surface area contributed by atoms with Crippen LogP contribution in [0.5, 0.6) is 0 Å². The first kappa shape index (κ1) is 13.4. The molecule has 0 spiro atoms. The molecule has 0 aromatic carbocycles. The molecule has 0 bridgehead atoms. The first-order valence-corrected chi connectivity index (χ1v) is 8.02. The molecule has 1 aromatic rings. The van der Waals surface area contributed by atoms with Crippen LogP contribution in [-0.2, 0) is 10.0 Å². The van der Waals surface area contributed by atoms with Crippen LogP contribution in [0.2, 0.25) is 0 Å². The molecular formula is C10H13NO5S2. The summed E-state index contributed by atoms with van der Waals surface area (Å²) in [7, 11) is -3.71. The molecule has 6 nitrogen and oxygen atoms in total. The van der Waals surface area contributed by atoms with Crippen LogP contribution >= 0.6 is 11.8 Å². The fraction of sp³-hybridized carbons (Fsp3) is 0.500. The van der Waals surface area contributed by atoms with E-state index in [1.807, 2.05) is 0 Å². The summed E-state index contributed by atoms with van der Waals surface area (Å²) in [5.74, 6) is 0.0386. The van der Waals surface area contributed by atoms with Gasteiger partial charge in [0.05, 0.1) is 0 Å². The highest BCUT2D eigenvalue weighted by atomic mass is 32.2. The molecular weight excluding hydrogens is 278 g/mol. The molecule has 1 aliphatic rings. The van der Waals surface area contributed by atoms with Gasteiger partial charge in [-0.05, 0) is 24.3 Å². The van der Waals surface area contributed by atoms with Crippen LogP contribution in [0, 0.1) is 0 Å². The number of thioether (sulfide) groups is 1. The molecule has 2 heterocycles. The summed E-state index contributed by atoms with van der Waals surface area (Å²) in [6.45, 7) is 0.870. The Morgan fingerprint density at radius 2 is 2.11 bits per heavy atom. The molecule has 0 atom stereocenters. The summed E-state index contributed by atoms with van der Waals surface area (Å²) in [5.41, 5.74) is 0. The number of sulfonamides is 1. The first-order valence-electron chi connectivity index (χ1n) is 5.43. The normalized spacial score (nSPS) is 18.4. The predicted molar refractivity (Wildman–Crippen MR) is 66.4 cm³/mol. The summed E-state index contributed by atoms with van der Waals surface area (Å²) in [4.78, 5) is 10.7. The van der Waals surface area contributed by atoms with Crippen molar-refractivity contribution in [2.45, 2.75) is 11.5 Å². The van der Waals surface area contributed by atoms with Crippen LogP contribution in [0.1, 0.15) is 17.0 Å². The van der Waals surface area contributed by atoms with E-state index in [2.05, 4.69) is 0 Å². The van der Waals surface area contributed by atoms with E-state index in [0.29, 0.717) is 13.1 Å². The molecule has 0 saturated carbocycles. The Bertz CT molecular complexity index is 528. The molecule has 1 aromatic heterocycles. The summed E-state index contributed by atoms with van der Waals surface area (Å²) in [6.07, 6.45) is 0.788. The fourth-order valence-electron chi connectivity index (χ4n) is 1.66. The zero-order chi connectivity index (χ0) is 13.2. The number of carbonyl (C=O) groups is 1. The molecule has 0 radical (unpaired) electrons. The van der Waals surface area contributed by atoms with E-state index in [9.17, 15) is 13.2 Å². The van der Waals surface area contributed by atoms with Gasteiger partial charge in [-0.15, -0.1) is 0 Å². The minimum Gasteiger partial charge on any atom is -0.475 e. The number of nitrogens with zero attached hydrogens (tertiary/aromatic N) is 1. The number of hydrogen-bond acceptors (Lipinski definition) is 5. The lowest BCUT2D eigenvalue weighted by Gasteiger charge is -2.17. The van der Waals surface area contributed by atoms with E-state index in [4.69, 9.17) is 9.52 Å². The number of carboxylic acids is 1. The van der Waals surface area contributed by atoms with Gasteiger partial charge in [0.25, 0.3) is 10.0 Å². The van der Waals surface area contributed by atoms with Crippen LogP contribution in [0.25, 0.3) is 0 Å². The van der Waals surface area contributed by atoms with Crippen molar-refractivity contribution in [2.75, 3.05) is 24.6 Å². The maximum atomic E-state index is 12.2. The molecule has 2 rings (SSSR count). The fourth-order valence-corrected chi connectivity index (χ4v) is 4.06. The second kappa shape index (κ2) is 5.33. The molecule has 8 heteroatoms. The van der Waals surface area contributed by atoms with Crippen LogP contribution in [0.3, 0.4) is 0 Å². The van der Waals surface area contributed by atoms with Gasteiger partial charge in [0.1, 0.15) is 0 Å². The molecule has 100 valence electrons. The molecule has 18 heavy (non-hydrogen) atoms. The Balaban J connectivity index is 2.25. The first-order chi connectivity index (χ1) is 8.51. The summed E-state index contributed by atoms with van der Waals surface area (Å²) in [5, 5.41) is 8.41. The lowest BCUT2D eigenvalue weighted by molar-refractivity contribution is 0.0656. The maximum Gasteiger partial charge on any atom is 0.371 e. The van der Waals surface area contributed by atoms with Gasteiger partial charge in [0.2, 0.25) is 10.9 Å². The van der Waals surface area contributed by atoms with Crippen molar-refractivity contribution < 1.29 is 22.7 Å². The maximum absolute atomic E-state index is 12.2. The number of rotatable bonds is 3. The minimum atomic E-state index is -3.71. The van der Waals surface area contributed by atoms with Gasteiger partial charge >= 0.3 is 5.97 Å². The van der Waals surface area contributed by atoms with Crippen molar-refractivity contribution in [2.24, 2.45) is 0 Å². The van der Waals surface area contributed by atoms with Crippen molar-refractivity contribution >= 4 is 27.8 Å². The highest BCUT2D eigenvalue weighted by Gasteiger charge is 2.29. The van der Waals surface area contributed by atoms with Gasteiger partial charge in [-0.3, -0.25) is 0 Å². The molecule has 0 unspecified atom stereocenters. The zero-order valence-electron chi connectivity index (χ0n) is 9.53. The Labute approximate surface area is 109 Å². The second-order valence-corrected chi connectivity index (χ2v) is 6.89. The van der Waals surface area contributed by atoms with Crippen molar-refractivity contribution in [3.05, 3.63) is 17.9 Å². The van der Waals surface area contributed by atoms with E-state index >= 15 is 0 Å². The Morgan fingerprint density at radius 3 is 2.78 bits per heavy atom. The van der Waals surface area contributed by atoms with E-state index < -0.39 is 16.0 Å². The van der Waals surface area contributed by atoms with E-state index in [1.165, 1.54) is 10.4 Å². The van der Waals surface area contributed by atoms with Gasteiger partial charge in [0, 0.05) is 18.8 Å². The molecule has 1 saturated heterocycles. The number of furan rings is 1. The quantitative estimate of drug-likeness (QED) is 0.897. The Morgan fingerprint density at radius 1 is 1.33 bits per heavy atom. The third kappa shape index (κ3) is 2.70. The third-order valence-electron chi connectivity index (χ3n) is 2.57. The Hall–Kier alpha value is -0.990. The third-order valence-corrected chi connectivity index (χ3v) is 5.39. The SMILES string of the molecule is O=C(O)c1ccc(S(=O)(=O)N2CCCSCC2)o1. The van der Waals surface area contributed by atoms with Gasteiger partial charge in [-0.25, -0.2) is 13.2 Å². The monoisotopic (exact) mass is 291 g/mol. The van der Waals surface area contributed by atoms with Crippen molar-refractivity contribution in [1.82, 2.24) is 4.31 Å². The largest absolute Gasteiger partial charge is 0.475 e. The van der Waals surface area contributed by atoms with Gasteiger partial charge in [-0.1, -0.05) is 0 Å². The van der Waals surface area contributed by atoms with Crippen LogP contribution < -0.4 is 0 Å². The van der Waals surface area contributed by atoms with Gasteiger partial charge in [0.15, 0.2) is 0 Å². The highest BCUT2D eigenvalue weighted by molar-refractivity contribution is 7.99. The van der Waals surface area contributed by atoms with E-state index in [0.717, 1.165) is 24.0 Å². The summed E-state index contributed by atoms with van der Waals surface area (Å²) < 4.78 is 30.6. The average Bonchev–Trinajstić information content (AvgIpc) is 2.66. The van der Waals surface area contributed by atoms with Gasteiger partial charge < -0.3 is 9.52 Å². The lowest BCUT2D eigenvalue weighted by Crippen LogP contribution is -2.32. The van der Waals surface area contributed by atoms with Crippen molar-refractivity contribution in [1.29, 1.82) is 0 Å². The highest BCUT2D eigenvalue weighted by Crippen LogP contribution is 2.21. The summed E-state index contributed by atoms with van der Waals surface area (Å²) in [6, 6.07) is 2.35. The van der Waals surface area contributed by atoms with Gasteiger partial charge in [-0.2, -0.15) is 16.1 Å². The van der Waals surface area contributed by atoms with Crippen molar-refractivity contribution in [3.8, 4) is 0 Å². The smallest absolute Gasteiger partial charge is 0.371 e. The van der Waals surface area contributed by atoms with Crippen LogP contribution in [0.15, 0.2) is 21.6 Å². The standard InChI is InChI=1S/C10H13NO5S2/c12-10(13)8-2-3-9(16-8)18(14,15)11-4-1-6-17-7-5-11/h2-3H,1,4-7H2,(H,12,13). The minimum absolute atomic E-state index is 0.299. The molecule has 0 amide bonds. The number of hydrogen-bond donors (Lipinski definition) is 1. The topological polar surface area (TPSA) is 87.8 Å². The molecule has 1 N–H and O–H groups in total. The lowest BCUT2D eigenvalue weighted by atomic mass is 10.5. The molecule has 1 fully saturated rings. The molecule has 1 aliphatic heterocycles. The van der Waals surface area contributed by atoms with Crippen LogP contribution in [-0.4, -0.2) is 48.4 Å². The second-order valence-electron chi connectivity index (χ2n) is 3.79. The average molecular weight is 291 g/mol. The number of aromatic carboxylic acids is 1. The zero-order valence-corrected chi connectivity index (χ0v) is 11.2. The summed E-state index contributed by atoms with van der Waals surface area (Å²) >= 11 is 1.71. The number of carboxylic acid groups (broad SMARTS) is 1. The van der Waals surface area contributed by atoms with Crippen LogP contribution in [0.4, 0.5) is 0 Å². The van der Waals surface area contributed by atoms with Crippen molar-refractivity contribution in [3.63, 3.8) is 0 Å². The van der Waals surface area contributed by atoms with E-state index in [-0.39, 0.29) is 10.9 Å².